The third kappa shape index (κ3) is 3.20. The predicted molar refractivity (Wildman–Crippen MR) is 85.3 cm³/mol. The Balaban J connectivity index is 2.24. The van der Waals surface area contributed by atoms with E-state index in [0.29, 0.717) is 6.42 Å². The average molecular weight is 269 g/mol. The smallest absolute Gasteiger partial charge is 0.0831 e. The molecule has 0 saturated carbocycles. The highest BCUT2D eigenvalue weighted by molar-refractivity contribution is 5.48. The highest BCUT2D eigenvalue weighted by Gasteiger charge is 2.12. The highest BCUT2D eigenvalue weighted by atomic mass is 16.3. The quantitative estimate of drug-likeness (QED) is 0.916. The van der Waals surface area contributed by atoms with Crippen molar-refractivity contribution in [1.82, 2.24) is 0 Å². The van der Waals surface area contributed by atoms with Gasteiger partial charge in [0.15, 0.2) is 0 Å². The molecule has 0 aliphatic rings. The van der Waals surface area contributed by atoms with Gasteiger partial charge >= 0.3 is 0 Å². The van der Waals surface area contributed by atoms with Gasteiger partial charge in [0.2, 0.25) is 0 Å². The van der Waals surface area contributed by atoms with Crippen LogP contribution < -0.4 is 4.90 Å². The molecule has 0 aromatic heterocycles. The van der Waals surface area contributed by atoms with Crippen LogP contribution in [0, 0.1) is 13.8 Å². The number of hydrogen-bond acceptors (Lipinski definition) is 2. The van der Waals surface area contributed by atoms with Crippen LogP contribution in [0.3, 0.4) is 0 Å². The first kappa shape index (κ1) is 14.6. The van der Waals surface area contributed by atoms with Crippen LogP contribution in [0.4, 0.5) is 5.69 Å². The fraction of sp³-hybridized carbons (Fsp3) is 0.333. The van der Waals surface area contributed by atoms with Gasteiger partial charge in [-0.25, -0.2) is 0 Å². The standard InChI is InChI=1S/C18H23NO/c1-13-7-5-8-14(2)17(13)12-18(20)15-9-6-10-16(11-15)19(3)4/h5-11,18,20H,12H2,1-4H3. The summed E-state index contributed by atoms with van der Waals surface area (Å²) in [5.41, 5.74) is 5.82. The molecule has 0 aliphatic carbocycles. The van der Waals surface area contributed by atoms with Crippen molar-refractivity contribution < 1.29 is 5.11 Å². The zero-order chi connectivity index (χ0) is 14.7. The first-order chi connectivity index (χ1) is 9.49. The van der Waals surface area contributed by atoms with E-state index in [0.717, 1.165) is 11.3 Å². The minimum absolute atomic E-state index is 0.463. The van der Waals surface area contributed by atoms with Crippen LogP contribution in [0.25, 0.3) is 0 Å². The topological polar surface area (TPSA) is 23.5 Å². The number of benzene rings is 2. The number of aliphatic hydroxyl groups excluding tert-OH is 1. The number of anilines is 1. The minimum atomic E-state index is -0.463. The van der Waals surface area contributed by atoms with Gasteiger partial charge < -0.3 is 10.0 Å². The normalized spacial score (nSPS) is 12.2. The van der Waals surface area contributed by atoms with Crippen molar-refractivity contribution in [2.24, 2.45) is 0 Å². The van der Waals surface area contributed by atoms with Gasteiger partial charge in [-0.1, -0.05) is 30.3 Å². The Morgan fingerprint density at radius 2 is 1.60 bits per heavy atom. The molecule has 0 fully saturated rings. The van der Waals surface area contributed by atoms with Crippen molar-refractivity contribution in [3.8, 4) is 0 Å². The van der Waals surface area contributed by atoms with E-state index in [9.17, 15) is 5.11 Å². The first-order valence-corrected chi connectivity index (χ1v) is 6.99. The van der Waals surface area contributed by atoms with E-state index in [2.05, 4.69) is 49.1 Å². The van der Waals surface area contributed by atoms with Crippen LogP contribution in [-0.4, -0.2) is 19.2 Å². The molecule has 0 heterocycles. The summed E-state index contributed by atoms with van der Waals surface area (Å²) in [5.74, 6) is 0. The predicted octanol–water partition coefficient (Wildman–Crippen LogP) is 3.65. The van der Waals surface area contributed by atoms with Crippen molar-refractivity contribution in [2.75, 3.05) is 19.0 Å². The van der Waals surface area contributed by atoms with Crippen LogP contribution in [0.5, 0.6) is 0 Å². The van der Waals surface area contributed by atoms with E-state index in [-0.39, 0.29) is 0 Å². The van der Waals surface area contributed by atoms with Gasteiger partial charge in [-0.3, -0.25) is 0 Å². The van der Waals surface area contributed by atoms with Gasteiger partial charge in [0.25, 0.3) is 0 Å². The van der Waals surface area contributed by atoms with Gasteiger partial charge in [0, 0.05) is 26.2 Å². The van der Waals surface area contributed by atoms with E-state index in [4.69, 9.17) is 0 Å². The second-order valence-corrected chi connectivity index (χ2v) is 5.58. The number of rotatable bonds is 4. The molecule has 1 atom stereocenters. The summed E-state index contributed by atoms with van der Waals surface area (Å²) >= 11 is 0. The summed E-state index contributed by atoms with van der Waals surface area (Å²) in [6.45, 7) is 4.20. The molecule has 2 nitrogen and oxygen atoms in total. The molecule has 2 aromatic rings. The molecule has 0 bridgehead atoms. The molecule has 2 aromatic carbocycles. The largest absolute Gasteiger partial charge is 0.388 e. The van der Waals surface area contributed by atoms with Crippen LogP contribution in [-0.2, 0) is 6.42 Å². The highest BCUT2D eigenvalue weighted by Crippen LogP contribution is 2.25. The van der Waals surface area contributed by atoms with Gasteiger partial charge in [0.1, 0.15) is 0 Å². The Morgan fingerprint density at radius 1 is 1.00 bits per heavy atom. The van der Waals surface area contributed by atoms with E-state index in [1.54, 1.807) is 0 Å². The maximum absolute atomic E-state index is 10.5. The Labute approximate surface area is 121 Å². The maximum atomic E-state index is 10.5. The van der Waals surface area contributed by atoms with E-state index in [1.165, 1.54) is 16.7 Å². The number of aliphatic hydroxyl groups is 1. The van der Waals surface area contributed by atoms with Crippen molar-refractivity contribution in [2.45, 2.75) is 26.4 Å². The lowest BCUT2D eigenvalue weighted by atomic mass is 9.94. The second-order valence-electron chi connectivity index (χ2n) is 5.58. The number of aryl methyl sites for hydroxylation is 2. The summed E-state index contributed by atoms with van der Waals surface area (Å²) in [6.07, 6.45) is 0.199. The Morgan fingerprint density at radius 3 is 2.20 bits per heavy atom. The van der Waals surface area contributed by atoms with Crippen LogP contribution >= 0.6 is 0 Å². The Kier molecular flexibility index (Phi) is 4.46. The van der Waals surface area contributed by atoms with E-state index < -0.39 is 6.10 Å². The molecule has 106 valence electrons. The van der Waals surface area contributed by atoms with Gasteiger partial charge in [0.05, 0.1) is 6.10 Å². The molecule has 0 radical (unpaired) electrons. The fourth-order valence-corrected chi connectivity index (χ4v) is 2.49. The summed E-state index contributed by atoms with van der Waals surface area (Å²) in [6, 6.07) is 14.4. The van der Waals surface area contributed by atoms with Gasteiger partial charge in [-0.2, -0.15) is 0 Å². The summed E-state index contributed by atoms with van der Waals surface area (Å²) in [5, 5.41) is 10.5. The molecule has 0 spiro atoms. The molecule has 1 unspecified atom stereocenters. The molecule has 0 saturated heterocycles. The van der Waals surface area contributed by atoms with E-state index >= 15 is 0 Å². The Hall–Kier alpha value is -1.80. The van der Waals surface area contributed by atoms with Crippen LogP contribution in [0.15, 0.2) is 42.5 Å². The van der Waals surface area contributed by atoms with Crippen LogP contribution in [0.2, 0.25) is 0 Å². The van der Waals surface area contributed by atoms with Crippen molar-refractivity contribution in [3.63, 3.8) is 0 Å². The van der Waals surface area contributed by atoms with E-state index in [1.807, 2.05) is 26.2 Å². The summed E-state index contributed by atoms with van der Waals surface area (Å²) < 4.78 is 0. The number of nitrogens with zero attached hydrogens (tertiary/aromatic N) is 1. The molecular formula is C18H23NO. The van der Waals surface area contributed by atoms with Crippen LogP contribution in [0.1, 0.15) is 28.4 Å². The summed E-state index contributed by atoms with van der Waals surface area (Å²) in [4.78, 5) is 2.05. The first-order valence-electron chi connectivity index (χ1n) is 6.99. The van der Waals surface area contributed by atoms with Gasteiger partial charge in [-0.05, 0) is 48.2 Å². The van der Waals surface area contributed by atoms with Crippen molar-refractivity contribution >= 4 is 5.69 Å². The molecule has 20 heavy (non-hydrogen) atoms. The molecule has 0 amide bonds. The maximum Gasteiger partial charge on any atom is 0.0831 e. The lowest BCUT2D eigenvalue weighted by molar-refractivity contribution is 0.178. The zero-order valence-electron chi connectivity index (χ0n) is 12.7. The average Bonchev–Trinajstić information content (AvgIpc) is 2.43. The third-order valence-electron chi connectivity index (χ3n) is 3.81. The fourth-order valence-electron chi connectivity index (χ4n) is 2.49. The third-order valence-corrected chi connectivity index (χ3v) is 3.81. The Bertz CT molecular complexity index is 569. The number of hydrogen-bond donors (Lipinski definition) is 1. The summed E-state index contributed by atoms with van der Waals surface area (Å²) in [7, 11) is 4.02. The van der Waals surface area contributed by atoms with Crippen molar-refractivity contribution in [1.29, 1.82) is 0 Å². The SMILES string of the molecule is Cc1cccc(C)c1CC(O)c1cccc(N(C)C)c1. The minimum Gasteiger partial charge on any atom is -0.388 e. The second kappa shape index (κ2) is 6.10. The lowest BCUT2D eigenvalue weighted by Crippen LogP contribution is -2.10. The molecule has 2 rings (SSSR count). The lowest BCUT2D eigenvalue weighted by Gasteiger charge is -2.18. The van der Waals surface area contributed by atoms with Crippen molar-refractivity contribution in [3.05, 3.63) is 64.7 Å². The molecule has 2 heteroatoms. The molecule has 1 N–H and O–H groups in total. The molecule has 0 aliphatic heterocycles. The molecular weight excluding hydrogens is 246 g/mol. The van der Waals surface area contributed by atoms with Gasteiger partial charge in [-0.15, -0.1) is 0 Å². The monoisotopic (exact) mass is 269 g/mol. The zero-order valence-corrected chi connectivity index (χ0v) is 12.7.